The number of halogens is 1. The second-order valence-corrected chi connectivity index (χ2v) is 5.94. The van der Waals surface area contributed by atoms with E-state index in [1.165, 1.54) is 12.1 Å². The average Bonchev–Trinajstić information content (AvgIpc) is 2.97. The van der Waals surface area contributed by atoms with Crippen LogP contribution in [0.15, 0.2) is 48.5 Å². The second kappa shape index (κ2) is 7.86. The zero-order valence-corrected chi connectivity index (χ0v) is 14.4. The summed E-state index contributed by atoms with van der Waals surface area (Å²) in [4.78, 5) is 25.8. The van der Waals surface area contributed by atoms with Crippen molar-refractivity contribution in [1.82, 2.24) is 5.32 Å². The van der Waals surface area contributed by atoms with Gasteiger partial charge in [-0.2, -0.15) is 0 Å². The van der Waals surface area contributed by atoms with E-state index in [9.17, 15) is 14.0 Å². The van der Waals surface area contributed by atoms with Crippen LogP contribution in [0.2, 0.25) is 0 Å². The van der Waals surface area contributed by atoms with Crippen LogP contribution in [0, 0.1) is 5.82 Å². The Bertz CT molecular complexity index is 778. The minimum Gasteiger partial charge on any atom is -0.494 e. The molecule has 26 heavy (non-hydrogen) atoms. The van der Waals surface area contributed by atoms with Crippen LogP contribution in [0.4, 0.5) is 20.6 Å². The molecule has 0 radical (unpaired) electrons. The first-order valence-corrected chi connectivity index (χ1v) is 8.41. The Kier molecular flexibility index (Phi) is 5.36. The number of amides is 3. The quantitative estimate of drug-likeness (QED) is 0.864. The molecule has 1 aliphatic heterocycles. The first kappa shape index (κ1) is 17.7. The largest absolute Gasteiger partial charge is 0.494 e. The minimum atomic E-state index is -0.382. The number of carbonyl (C=O) groups is 2. The Balaban J connectivity index is 1.55. The summed E-state index contributed by atoms with van der Waals surface area (Å²) in [6.07, 6.45) is 0.202. The highest BCUT2D eigenvalue weighted by molar-refractivity contribution is 5.97. The molecule has 1 fully saturated rings. The van der Waals surface area contributed by atoms with Gasteiger partial charge < -0.3 is 20.3 Å². The Morgan fingerprint density at radius 2 is 1.88 bits per heavy atom. The zero-order valence-electron chi connectivity index (χ0n) is 14.4. The van der Waals surface area contributed by atoms with Gasteiger partial charge in [-0.3, -0.25) is 4.79 Å². The number of rotatable bonds is 5. The van der Waals surface area contributed by atoms with Crippen LogP contribution in [0.1, 0.15) is 13.3 Å². The van der Waals surface area contributed by atoms with Crippen molar-refractivity contribution in [2.24, 2.45) is 0 Å². The van der Waals surface area contributed by atoms with Gasteiger partial charge in [0.2, 0.25) is 5.91 Å². The fraction of sp³-hybridized carbons (Fsp3) is 0.263. The van der Waals surface area contributed by atoms with E-state index in [4.69, 9.17) is 4.74 Å². The number of anilines is 2. The van der Waals surface area contributed by atoms with E-state index in [0.717, 1.165) is 5.75 Å². The fourth-order valence-electron chi connectivity index (χ4n) is 2.83. The summed E-state index contributed by atoms with van der Waals surface area (Å²) in [5, 5.41) is 5.52. The van der Waals surface area contributed by atoms with Crippen molar-refractivity contribution in [3.8, 4) is 5.75 Å². The van der Waals surface area contributed by atoms with Gasteiger partial charge in [0.15, 0.2) is 0 Å². The lowest BCUT2D eigenvalue weighted by molar-refractivity contribution is -0.117. The summed E-state index contributed by atoms with van der Waals surface area (Å²) in [7, 11) is 0. The molecule has 3 rings (SSSR count). The summed E-state index contributed by atoms with van der Waals surface area (Å²) in [5.41, 5.74) is 1.25. The van der Waals surface area contributed by atoms with Gasteiger partial charge in [0.05, 0.1) is 12.6 Å². The van der Waals surface area contributed by atoms with Gasteiger partial charge in [-0.1, -0.05) is 0 Å². The standard InChI is InChI=1S/C19H20FN3O3/c1-2-26-17-9-5-14(6-10-17)21-19(25)22-15-11-18(24)23(12-15)16-7-3-13(20)4-8-16/h3-10,15H,2,11-12H2,1H3,(H2,21,22,25). The lowest BCUT2D eigenvalue weighted by atomic mass is 10.2. The molecule has 7 heteroatoms. The van der Waals surface area contributed by atoms with Crippen LogP contribution < -0.4 is 20.3 Å². The average molecular weight is 357 g/mol. The van der Waals surface area contributed by atoms with Gasteiger partial charge in [0.1, 0.15) is 11.6 Å². The number of urea groups is 1. The molecule has 1 saturated heterocycles. The highest BCUT2D eigenvalue weighted by Gasteiger charge is 2.31. The molecule has 1 atom stereocenters. The third-order valence-corrected chi connectivity index (χ3v) is 4.02. The van der Waals surface area contributed by atoms with E-state index in [1.807, 2.05) is 6.92 Å². The molecule has 0 saturated carbocycles. The number of nitrogens with zero attached hydrogens (tertiary/aromatic N) is 1. The van der Waals surface area contributed by atoms with Crippen LogP contribution in [-0.4, -0.2) is 31.1 Å². The molecule has 1 aliphatic rings. The first-order chi connectivity index (χ1) is 12.5. The van der Waals surface area contributed by atoms with E-state index >= 15 is 0 Å². The smallest absolute Gasteiger partial charge is 0.319 e. The highest BCUT2D eigenvalue weighted by Crippen LogP contribution is 2.22. The Morgan fingerprint density at radius 1 is 1.19 bits per heavy atom. The summed E-state index contributed by atoms with van der Waals surface area (Å²) < 4.78 is 18.4. The van der Waals surface area contributed by atoms with Crippen LogP contribution in [0.3, 0.4) is 0 Å². The number of benzene rings is 2. The lowest BCUT2D eigenvalue weighted by Gasteiger charge is -2.17. The predicted octanol–water partition coefficient (Wildman–Crippen LogP) is 3.15. The number of hydrogen-bond acceptors (Lipinski definition) is 3. The molecular formula is C19H20FN3O3. The fourth-order valence-corrected chi connectivity index (χ4v) is 2.83. The third kappa shape index (κ3) is 4.30. The molecule has 3 amide bonds. The Hall–Kier alpha value is -3.09. The summed E-state index contributed by atoms with van der Waals surface area (Å²) in [5.74, 6) is 0.266. The number of hydrogen-bond donors (Lipinski definition) is 2. The molecule has 2 aromatic carbocycles. The first-order valence-electron chi connectivity index (χ1n) is 8.41. The third-order valence-electron chi connectivity index (χ3n) is 4.02. The molecule has 0 bridgehead atoms. The van der Waals surface area contributed by atoms with Gasteiger partial charge in [-0.05, 0) is 55.5 Å². The van der Waals surface area contributed by atoms with Gasteiger partial charge in [0, 0.05) is 24.3 Å². The van der Waals surface area contributed by atoms with E-state index in [1.54, 1.807) is 41.3 Å². The molecule has 2 aromatic rings. The molecule has 0 spiro atoms. The molecule has 2 N–H and O–H groups in total. The topological polar surface area (TPSA) is 70.7 Å². The Labute approximate surface area is 150 Å². The second-order valence-electron chi connectivity index (χ2n) is 5.94. The van der Waals surface area contributed by atoms with E-state index < -0.39 is 0 Å². The van der Waals surface area contributed by atoms with Gasteiger partial charge in [0.25, 0.3) is 0 Å². The van der Waals surface area contributed by atoms with Crippen LogP contribution in [0.5, 0.6) is 5.75 Å². The van der Waals surface area contributed by atoms with Gasteiger partial charge in [-0.25, -0.2) is 9.18 Å². The predicted molar refractivity (Wildman–Crippen MR) is 96.9 cm³/mol. The van der Waals surface area contributed by atoms with Crippen molar-refractivity contribution in [2.75, 3.05) is 23.4 Å². The van der Waals surface area contributed by atoms with Gasteiger partial charge >= 0.3 is 6.03 Å². The van der Waals surface area contributed by atoms with Crippen molar-refractivity contribution in [1.29, 1.82) is 0 Å². The van der Waals surface area contributed by atoms with E-state index in [0.29, 0.717) is 24.5 Å². The number of ether oxygens (including phenoxy) is 1. The minimum absolute atomic E-state index is 0.108. The molecule has 1 heterocycles. The van der Waals surface area contributed by atoms with Crippen molar-refractivity contribution < 1.29 is 18.7 Å². The van der Waals surface area contributed by atoms with E-state index in [2.05, 4.69) is 10.6 Å². The van der Waals surface area contributed by atoms with Crippen LogP contribution in [0.25, 0.3) is 0 Å². The number of nitrogens with one attached hydrogen (secondary N) is 2. The maximum Gasteiger partial charge on any atom is 0.319 e. The maximum atomic E-state index is 13.0. The summed E-state index contributed by atoms with van der Waals surface area (Å²) in [6.45, 7) is 2.83. The summed E-state index contributed by atoms with van der Waals surface area (Å²) in [6, 6.07) is 12.1. The molecule has 6 nitrogen and oxygen atoms in total. The molecule has 1 unspecified atom stereocenters. The zero-order chi connectivity index (χ0) is 18.5. The van der Waals surface area contributed by atoms with Gasteiger partial charge in [-0.15, -0.1) is 0 Å². The number of carbonyl (C=O) groups excluding carboxylic acids is 2. The van der Waals surface area contributed by atoms with Crippen LogP contribution in [-0.2, 0) is 4.79 Å². The highest BCUT2D eigenvalue weighted by atomic mass is 19.1. The maximum absolute atomic E-state index is 13.0. The molecule has 0 aromatic heterocycles. The van der Waals surface area contributed by atoms with Crippen LogP contribution >= 0.6 is 0 Å². The van der Waals surface area contributed by atoms with Crippen molar-refractivity contribution >= 4 is 23.3 Å². The molecule has 136 valence electrons. The molecular weight excluding hydrogens is 337 g/mol. The van der Waals surface area contributed by atoms with Crippen molar-refractivity contribution in [3.05, 3.63) is 54.3 Å². The summed E-state index contributed by atoms with van der Waals surface area (Å²) >= 11 is 0. The Morgan fingerprint density at radius 3 is 2.54 bits per heavy atom. The van der Waals surface area contributed by atoms with Crippen molar-refractivity contribution in [2.45, 2.75) is 19.4 Å². The normalized spacial score (nSPS) is 16.5. The van der Waals surface area contributed by atoms with E-state index in [-0.39, 0.29) is 30.2 Å². The lowest BCUT2D eigenvalue weighted by Crippen LogP contribution is -2.39. The van der Waals surface area contributed by atoms with Crippen molar-refractivity contribution in [3.63, 3.8) is 0 Å². The monoisotopic (exact) mass is 357 g/mol. The SMILES string of the molecule is CCOc1ccc(NC(=O)NC2CC(=O)N(c3ccc(F)cc3)C2)cc1. The molecule has 0 aliphatic carbocycles.